The van der Waals surface area contributed by atoms with Crippen LogP contribution < -0.4 is 10.5 Å². The van der Waals surface area contributed by atoms with Gasteiger partial charge in [-0.15, -0.1) is 0 Å². The van der Waals surface area contributed by atoms with E-state index in [9.17, 15) is 0 Å². The minimum atomic E-state index is -0.109. The van der Waals surface area contributed by atoms with Crippen molar-refractivity contribution in [1.82, 2.24) is 0 Å². The molecule has 1 aliphatic rings. The van der Waals surface area contributed by atoms with E-state index in [0.717, 1.165) is 35.0 Å². The molecule has 1 aromatic carbocycles. The second-order valence-corrected chi connectivity index (χ2v) is 5.71. The van der Waals surface area contributed by atoms with E-state index < -0.39 is 0 Å². The quantitative estimate of drug-likeness (QED) is 0.896. The Morgan fingerprint density at radius 2 is 2.31 bits per heavy atom. The average Bonchev–Trinajstić information content (AvgIpc) is 2.15. The SMILES string of the molecule is CCCC1(C)CC(N)c2ccc(Br)cc2O1. The monoisotopic (exact) mass is 283 g/mol. The number of hydrogen-bond donors (Lipinski definition) is 1. The Hall–Kier alpha value is -0.540. The third-order valence-corrected chi connectivity index (χ3v) is 3.66. The second kappa shape index (κ2) is 4.38. The molecule has 2 rings (SSSR count). The van der Waals surface area contributed by atoms with Gasteiger partial charge < -0.3 is 10.5 Å². The second-order valence-electron chi connectivity index (χ2n) is 4.79. The molecule has 0 saturated heterocycles. The molecule has 0 aromatic heterocycles. The summed E-state index contributed by atoms with van der Waals surface area (Å²) in [4.78, 5) is 0. The van der Waals surface area contributed by atoms with Gasteiger partial charge in [-0.2, -0.15) is 0 Å². The van der Waals surface area contributed by atoms with E-state index in [4.69, 9.17) is 10.5 Å². The molecule has 2 atom stereocenters. The summed E-state index contributed by atoms with van der Waals surface area (Å²) in [6.45, 7) is 4.33. The lowest BCUT2D eigenvalue weighted by Gasteiger charge is -2.38. The molecule has 16 heavy (non-hydrogen) atoms. The van der Waals surface area contributed by atoms with Crippen molar-refractivity contribution < 1.29 is 4.74 Å². The predicted molar refractivity (Wildman–Crippen MR) is 69.6 cm³/mol. The van der Waals surface area contributed by atoms with Gasteiger partial charge in [0.15, 0.2) is 0 Å². The predicted octanol–water partition coefficient (Wildman–Crippen LogP) is 3.79. The molecule has 0 fully saturated rings. The fourth-order valence-electron chi connectivity index (χ4n) is 2.47. The Morgan fingerprint density at radius 3 is 3.00 bits per heavy atom. The first kappa shape index (κ1) is 11.9. The molecule has 0 amide bonds. The van der Waals surface area contributed by atoms with Gasteiger partial charge in [0.1, 0.15) is 11.4 Å². The van der Waals surface area contributed by atoms with E-state index in [2.05, 4.69) is 35.8 Å². The molecule has 1 aliphatic heterocycles. The lowest BCUT2D eigenvalue weighted by atomic mass is 9.86. The van der Waals surface area contributed by atoms with Crippen LogP contribution in [0.5, 0.6) is 5.75 Å². The summed E-state index contributed by atoms with van der Waals surface area (Å²) < 4.78 is 7.14. The van der Waals surface area contributed by atoms with Gasteiger partial charge in [-0.25, -0.2) is 0 Å². The van der Waals surface area contributed by atoms with Gasteiger partial charge in [0, 0.05) is 22.5 Å². The molecule has 88 valence electrons. The highest BCUT2D eigenvalue weighted by atomic mass is 79.9. The van der Waals surface area contributed by atoms with Crippen molar-refractivity contribution in [2.24, 2.45) is 5.73 Å². The molecule has 0 bridgehead atoms. The molecule has 1 heterocycles. The zero-order valence-electron chi connectivity index (χ0n) is 9.79. The lowest BCUT2D eigenvalue weighted by Crippen LogP contribution is -2.40. The number of fused-ring (bicyclic) bond motifs is 1. The summed E-state index contributed by atoms with van der Waals surface area (Å²) in [6, 6.07) is 6.18. The van der Waals surface area contributed by atoms with Gasteiger partial charge in [0.25, 0.3) is 0 Å². The maximum atomic E-state index is 6.21. The first-order valence-corrected chi connectivity index (χ1v) is 6.57. The first-order valence-electron chi connectivity index (χ1n) is 5.78. The van der Waals surface area contributed by atoms with Crippen LogP contribution in [0.3, 0.4) is 0 Å². The molecular formula is C13H18BrNO. The minimum absolute atomic E-state index is 0.0911. The van der Waals surface area contributed by atoms with Crippen molar-refractivity contribution >= 4 is 15.9 Å². The van der Waals surface area contributed by atoms with Crippen LogP contribution in [0, 0.1) is 0 Å². The van der Waals surface area contributed by atoms with E-state index in [-0.39, 0.29) is 11.6 Å². The maximum Gasteiger partial charge on any atom is 0.126 e. The van der Waals surface area contributed by atoms with Crippen LogP contribution in [-0.4, -0.2) is 5.60 Å². The van der Waals surface area contributed by atoms with Gasteiger partial charge in [0.05, 0.1) is 0 Å². The molecule has 0 saturated carbocycles. The average molecular weight is 284 g/mol. The Balaban J connectivity index is 2.34. The molecule has 0 spiro atoms. The minimum Gasteiger partial charge on any atom is -0.487 e. The lowest BCUT2D eigenvalue weighted by molar-refractivity contribution is 0.0448. The van der Waals surface area contributed by atoms with Gasteiger partial charge in [-0.05, 0) is 25.5 Å². The molecule has 2 nitrogen and oxygen atoms in total. The Labute approximate surface area is 105 Å². The molecule has 1 aromatic rings. The number of benzene rings is 1. The fourth-order valence-corrected chi connectivity index (χ4v) is 2.81. The van der Waals surface area contributed by atoms with Crippen LogP contribution in [0.4, 0.5) is 0 Å². The number of rotatable bonds is 2. The highest BCUT2D eigenvalue weighted by Crippen LogP contribution is 2.41. The highest BCUT2D eigenvalue weighted by Gasteiger charge is 2.34. The third kappa shape index (κ3) is 2.25. The molecule has 0 aliphatic carbocycles. The van der Waals surface area contributed by atoms with Crippen molar-refractivity contribution in [3.8, 4) is 5.75 Å². The van der Waals surface area contributed by atoms with Crippen molar-refractivity contribution in [1.29, 1.82) is 0 Å². The number of ether oxygens (including phenoxy) is 1. The van der Waals surface area contributed by atoms with Gasteiger partial charge in [-0.1, -0.05) is 35.3 Å². The molecular weight excluding hydrogens is 266 g/mol. The van der Waals surface area contributed by atoms with Crippen molar-refractivity contribution in [3.63, 3.8) is 0 Å². The first-order chi connectivity index (χ1) is 7.54. The van der Waals surface area contributed by atoms with Gasteiger partial charge >= 0.3 is 0 Å². The fraction of sp³-hybridized carbons (Fsp3) is 0.538. The smallest absolute Gasteiger partial charge is 0.126 e. The summed E-state index contributed by atoms with van der Waals surface area (Å²) in [6.07, 6.45) is 3.06. The van der Waals surface area contributed by atoms with E-state index >= 15 is 0 Å². The topological polar surface area (TPSA) is 35.2 Å². The van der Waals surface area contributed by atoms with E-state index in [1.165, 1.54) is 0 Å². The largest absolute Gasteiger partial charge is 0.487 e. The van der Waals surface area contributed by atoms with Crippen molar-refractivity contribution in [3.05, 3.63) is 28.2 Å². The van der Waals surface area contributed by atoms with E-state index in [1.807, 2.05) is 12.1 Å². The van der Waals surface area contributed by atoms with Crippen LogP contribution >= 0.6 is 15.9 Å². The summed E-state index contributed by atoms with van der Waals surface area (Å²) in [5.41, 5.74) is 7.22. The normalized spacial score (nSPS) is 28.4. The zero-order chi connectivity index (χ0) is 11.8. The zero-order valence-corrected chi connectivity index (χ0v) is 11.4. The third-order valence-electron chi connectivity index (χ3n) is 3.16. The summed E-state index contributed by atoms with van der Waals surface area (Å²) in [5.74, 6) is 0.934. The van der Waals surface area contributed by atoms with Crippen LogP contribution in [0.1, 0.15) is 44.7 Å². The summed E-state index contributed by atoms with van der Waals surface area (Å²) in [7, 11) is 0. The molecule has 2 N–H and O–H groups in total. The molecule has 0 radical (unpaired) electrons. The number of nitrogens with two attached hydrogens (primary N) is 1. The van der Waals surface area contributed by atoms with Crippen molar-refractivity contribution in [2.45, 2.75) is 44.8 Å². The number of halogens is 1. The maximum absolute atomic E-state index is 6.21. The molecule has 2 unspecified atom stereocenters. The number of hydrogen-bond acceptors (Lipinski definition) is 2. The van der Waals surface area contributed by atoms with Crippen LogP contribution in [-0.2, 0) is 0 Å². The van der Waals surface area contributed by atoms with E-state index in [0.29, 0.717) is 0 Å². The van der Waals surface area contributed by atoms with Crippen LogP contribution in [0.25, 0.3) is 0 Å². The summed E-state index contributed by atoms with van der Waals surface area (Å²) in [5, 5.41) is 0. The Morgan fingerprint density at radius 1 is 1.56 bits per heavy atom. The van der Waals surface area contributed by atoms with Gasteiger partial charge in [0.2, 0.25) is 0 Å². The van der Waals surface area contributed by atoms with E-state index in [1.54, 1.807) is 0 Å². The van der Waals surface area contributed by atoms with Crippen molar-refractivity contribution in [2.75, 3.05) is 0 Å². The van der Waals surface area contributed by atoms with Crippen LogP contribution in [0.15, 0.2) is 22.7 Å². The van der Waals surface area contributed by atoms with Crippen LogP contribution in [0.2, 0.25) is 0 Å². The summed E-state index contributed by atoms with van der Waals surface area (Å²) >= 11 is 3.47. The van der Waals surface area contributed by atoms with Gasteiger partial charge in [-0.3, -0.25) is 0 Å². The Kier molecular flexibility index (Phi) is 3.27. The highest BCUT2D eigenvalue weighted by molar-refractivity contribution is 9.10. The molecule has 3 heteroatoms. The standard InChI is InChI=1S/C13H18BrNO/c1-3-6-13(2)8-11(15)10-5-4-9(14)7-12(10)16-13/h4-5,7,11H,3,6,8,15H2,1-2H3. The Bertz CT molecular complexity index is 394.